The first-order valence-corrected chi connectivity index (χ1v) is 9.45. The topological polar surface area (TPSA) is 61.4 Å². The zero-order valence-electron chi connectivity index (χ0n) is 14.8. The van der Waals surface area contributed by atoms with Gasteiger partial charge < -0.3 is 4.74 Å². The molecule has 0 bridgehead atoms. The number of rotatable bonds is 6. The lowest BCUT2D eigenvalue weighted by molar-refractivity contribution is 0.414. The SMILES string of the molecule is C=CCn1c(=O)c2ccccc2n2c(SCc3cccc(OC)c3)nnc12. The second kappa shape index (κ2) is 7.28. The zero-order chi connectivity index (χ0) is 18.8. The van der Waals surface area contributed by atoms with Crippen molar-refractivity contribution >= 4 is 28.4 Å². The van der Waals surface area contributed by atoms with E-state index in [0.29, 0.717) is 23.5 Å². The van der Waals surface area contributed by atoms with Gasteiger partial charge in [0.1, 0.15) is 5.75 Å². The average Bonchev–Trinajstić information content (AvgIpc) is 3.13. The van der Waals surface area contributed by atoms with E-state index in [4.69, 9.17) is 4.74 Å². The summed E-state index contributed by atoms with van der Waals surface area (Å²) in [6, 6.07) is 15.5. The van der Waals surface area contributed by atoms with Gasteiger partial charge in [0.2, 0.25) is 5.78 Å². The van der Waals surface area contributed by atoms with Gasteiger partial charge in [-0.1, -0.05) is 42.1 Å². The van der Waals surface area contributed by atoms with Gasteiger partial charge in [0.25, 0.3) is 5.56 Å². The molecular weight excluding hydrogens is 360 g/mol. The normalized spacial score (nSPS) is 11.1. The Hall–Kier alpha value is -3.06. The second-order valence-electron chi connectivity index (χ2n) is 5.98. The summed E-state index contributed by atoms with van der Waals surface area (Å²) < 4.78 is 8.82. The smallest absolute Gasteiger partial charge is 0.263 e. The van der Waals surface area contributed by atoms with Crippen LogP contribution in [-0.4, -0.2) is 26.3 Å². The molecule has 0 saturated carbocycles. The molecule has 0 fully saturated rings. The molecule has 0 aliphatic carbocycles. The van der Waals surface area contributed by atoms with Crippen molar-refractivity contribution < 1.29 is 4.74 Å². The number of methoxy groups -OCH3 is 1. The van der Waals surface area contributed by atoms with Crippen LogP contribution in [0.2, 0.25) is 0 Å². The lowest BCUT2D eigenvalue weighted by atomic mass is 10.2. The highest BCUT2D eigenvalue weighted by molar-refractivity contribution is 7.98. The maximum atomic E-state index is 12.8. The van der Waals surface area contributed by atoms with Crippen LogP contribution < -0.4 is 10.3 Å². The van der Waals surface area contributed by atoms with Gasteiger partial charge in [0.05, 0.1) is 18.0 Å². The van der Waals surface area contributed by atoms with Gasteiger partial charge in [0, 0.05) is 12.3 Å². The largest absolute Gasteiger partial charge is 0.497 e. The van der Waals surface area contributed by atoms with Crippen LogP contribution in [0, 0.1) is 0 Å². The van der Waals surface area contributed by atoms with E-state index >= 15 is 0 Å². The zero-order valence-corrected chi connectivity index (χ0v) is 15.6. The number of thioether (sulfide) groups is 1. The third-order valence-corrected chi connectivity index (χ3v) is 5.29. The van der Waals surface area contributed by atoms with Gasteiger partial charge in [-0.15, -0.1) is 16.8 Å². The molecule has 2 aromatic heterocycles. The maximum absolute atomic E-state index is 12.8. The van der Waals surface area contributed by atoms with Crippen molar-refractivity contribution in [3.8, 4) is 5.75 Å². The number of nitrogens with zero attached hydrogens (tertiary/aromatic N) is 4. The summed E-state index contributed by atoms with van der Waals surface area (Å²) in [4.78, 5) is 12.8. The Kier molecular flexibility index (Phi) is 4.68. The van der Waals surface area contributed by atoms with E-state index in [1.54, 1.807) is 29.5 Å². The van der Waals surface area contributed by atoms with Gasteiger partial charge in [-0.3, -0.25) is 13.8 Å². The number of allylic oxidation sites excluding steroid dienone is 1. The third kappa shape index (κ3) is 3.10. The summed E-state index contributed by atoms with van der Waals surface area (Å²) in [7, 11) is 1.66. The molecule has 0 saturated heterocycles. The fourth-order valence-electron chi connectivity index (χ4n) is 3.03. The summed E-state index contributed by atoms with van der Waals surface area (Å²) >= 11 is 1.57. The lowest BCUT2D eigenvalue weighted by Crippen LogP contribution is -2.22. The molecule has 0 aliphatic heterocycles. The minimum Gasteiger partial charge on any atom is -0.497 e. The van der Waals surface area contributed by atoms with Crippen molar-refractivity contribution in [3.05, 3.63) is 77.1 Å². The van der Waals surface area contributed by atoms with Gasteiger partial charge in [-0.2, -0.15) is 0 Å². The van der Waals surface area contributed by atoms with Gasteiger partial charge in [0.15, 0.2) is 5.16 Å². The lowest BCUT2D eigenvalue weighted by Gasteiger charge is -2.09. The summed E-state index contributed by atoms with van der Waals surface area (Å²) in [5, 5.41) is 9.99. The van der Waals surface area contributed by atoms with E-state index in [1.165, 1.54) is 0 Å². The molecule has 0 spiro atoms. The molecule has 7 heteroatoms. The van der Waals surface area contributed by atoms with Crippen LogP contribution in [0.5, 0.6) is 5.75 Å². The molecule has 136 valence electrons. The summed E-state index contributed by atoms with van der Waals surface area (Å²) in [5.74, 6) is 2.06. The number of fused-ring (bicyclic) bond motifs is 3. The molecule has 0 amide bonds. The first kappa shape index (κ1) is 17.4. The Morgan fingerprint density at radius 1 is 1.19 bits per heavy atom. The van der Waals surface area contributed by atoms with Crippen LogP contribution in [0.15, 0.2) is 71.1 Å². The number of benzene rings is 2. The van der Waals surface area contributed by atoms with Crippen molar-refractivity contribution in [2.24, 2.45) is 0 Å². The molecule has 0 atom stereocenters. The maximum Gasteiger partial charge on any atom is 0.263 e. The number of ether oxygens (including phenoxy) is 1. The molecule has 2 heterocycles. The predicted octanol–water partition coefficient (Wildman–Crippen LogP) is 3.53. The summed E-state index contributed by atoms with van der Waals surface area (Å²) in [6.07, 6.45) is 1.69. The second-order valence-corrected chi connectivity index (χ2v) is 6.92. The minimum absolute atomic E-state index is 0.0882. The molecule has 6 nitrogen and oxygen atoms in total. The van der Waals surface area contributed by atoms with E-state index in [9.17, 15) is 4.79 Å². The van der Waals surface area contributed by atoms with Crippen LogP contribution in [0.3, 0.4) is 0 Å². The van der Waals surface area contributed by atoms with E-state index in [-0.39, 0.29) is 5.56 Å². The van der Waals surface area contributed by atoms with E-state index in [2.05, 4.69) is 16.8 Å². The number of para-hydroxylation sites is 1. The highest BCUT2D eigenvalue weighted by Crippen LogP contribution is 2.26. The summed E-state index contributed by atoms with van der Waals surface area (Å²) in [5.41, 5.74) is 1.84. The van der Waals surface area contributed by atoms with Crippen LogP contribution in [0.25, 0.3) is 16.7 Å². The molecule has 4 rings (SSSR count). The Morgan fingerprint density at radius 2 is 2.04 bits per heavy atom. The predicted molar refractivity (Wildman–Crippen MR) is 108 cm³/mol. The minimum atomic E-state index is -0.0882. The Bertz CT molecular complexity index is 1200. The van der Waals surface area contributed by atoms with Crippen molar-refractivity contribution in [2.75, 3.05) is 7.11 Å². The molecule has 27 heavy (non-hydrogen) atoms. The Labute approximate surface area is 160 Å². The number of aromatic nitrogens is 4. The number of hydrogen-bond donors (Lipinski definition) is 0. The van der Waals surface area contributed by atoms with Crippen LogP contribution in [-0.2, 0) is 12.3 Å². The van der Waals surface area contributed by atoms with Gasteiger partial charge in [-0.25, -0.2) is 0 Å². The monoisotopic (exact) mass is 378 g/mol. The standard InChI is InChI=1S/C20H18N4O2S/c1-3-11-23-18(25)16-9-4-5-10-17(16)24-19(23)21-22-20(24)27-13-14-7-6-8-15(12-14)26-2/h3-10,12H,1,11,13H2,2H3. The Balaban J connectivity index is 1.82. The Morgan fingerprint density at radius 3 is 2.85 bits per heavy atom. The first-order chi connectivity index (χ1) is 13.2. The molecule has 0 unspecified atom stereocenters. The van der Waals surface area contributed by atoms with Gasteiger partial charge in [-0.05, 0) is 29.8 Å². The number of hydrogen-bond acceptors (Lipinski definition) is 5. The quantitative estimate of drug-likeness (QED) is 0.379. The fraction of sp³-hybridized carbons (Fsp3) is 0.150. The average molecular weight is 378 g/mol. The third-order valence-electron chi connectivity index (χ3n) is 4.29. The van der Waals surface area contributed by atoms with Crippen molar-refractivity contribution in [1.82, 2.24) is 19.2 Å². The van der Waals surface area contributed by atoms with Gasteiger partial charge >= 0.3 is 0 Å². The van der Waals surface area contributed by atoms with Crippen LogP contribution in [0.4, 0.5) is 0 Å². The van der Waals surface area contributed by atoms with Crippen molar-refractivity contribution in [2.45, 2.75) is 17.5 Å². The molecular formula is C20H18N4O2S. The van der Waals surface area contributed by atoms with E-state index in [0.717, 1.165) is 22.0 Å². The van der Waals surface area contributed by atoms with Crippen LogP contribution >= 0.6 is 11.8 Å². The first-order valence-electron chi connectivity index (χ1n) is 8.46. The van der Waals surface area contributed by atoms with E-state index in [1.807, 2.05) is 52.9 Å². The van der Waals surface area contributed by atoms with Crippen molar-refractivity contribution in [1.29, 1.82) is 0 Å². The molecule has 0 N–H and O–H groups in total. The van der Waals surface area contributed by atoms with E-state index < -0.39 is 0 Å². The molecule has 4 aromatic rings. The van der Waals surface area contributed by atoms with Crippen molar-refractivity contribution in [3.63, 3.8) is 0 Å². The molecule has 2 aromatic carbocycles. The highest BCUT2D eigenvalue weighted by atomic mass is 32.2. The molecule has 0 radical (unpaired) electrons. The van der Waals surface area contributed by atoms with Crippen LogP contribution in [0.1, 0.15) is 5.56 Å². The fourth-order valence-corrected chi connectivity index (χ4v) is 3.91. The highest BCUT2D eigenvalue weighted by Gasteiger charge is 2.16. The molecule has 0 aliphatic rings. The summed E-state index contributed by atoms with van der Waals surface area (Å²) in [6.45, 7) is 4.13.